The molecule has 2 heterocycles. The SMILES string of the molecule is CC1CCCn2c(-c3ccc(F)cc3)nnc21. The van der Waals surface area contributed by atoms with Crippen molar-refractivity contribution in [3.63, 3.8) is 0 Å². The standard InChI is InChI=1S/C13H14FN3/c1-9-3-2-8-17-12(9)15-16-13(17)10-4-6-11(14)7-5-10/h4-7,9H,2-3,8H2,1H3. The van der Waals surface area contributed by atoms with E-state index >= 15 is 0 Å². The maximum Gasteiger partial charge on any atom is 0.163 e. The Morgan fingerprint density at radius 2 is 2.00 bits per heavy atom. The van der Waals surface area contributed by atoms with Gasteiger partial charge in [-0.05, 0) is 37.1 Å². The summed E-state index contributed by atoms with van der Waals surface area (Å²) in [5.74, 6) is 2.15. The third-order valence-electron chi connectivity index (χ3n) is 3.34. The van der Waals surface area contributed by atoms with Crippen molar-refractivity contribution in [1.82, 2.24) is 14.8 Å². The lowest BCUT2D eigenvalue weighted by Gasteiger charge is -2.20. The summed E-state index contributed by atoms with van der Waals surface area (Å²) in [5, 5.41) is 8.49. The first-order valence-corrected chi connectivity index (χ1v) is 5.95. The van der Waals surface area contributed by atoms with Crippen LogP contribution in [0.2, 0.25) is 0 Å². The Bertz CT molecular complexity index is 530. The van der Waals surface area contributed by atoms with Crippen LogP contribution in [0.3, 0.4) is 0 Å². The van der Waals surface area contributed by atoms with E-state index in [-0.39, 0.29) is 5.82 Å². The maximum atomic E-state index is 12.9. The molecule has 2 aromatic rings. The molecular formula is C13H14FN3. The number of hydrogen-bond donors (Lipinski definition) is 0. The highest BCUT2D eigenvalue weighted by Crippen LogP contribution is 2.29. The first kappa shape index (κ1) is 10.4. The number of aromatic nitrogens is 3. The molecule has 0 radical (unpaired) electrons. The lowest BCUT2D eigenvalue weighted by atomic mass is 10.0. The van der Waals surface area contributed by atoms with Gasteiger partial charge in [-0.25, -0.2) is 4.39 Å². The summed E-state index contributed by atoms with van der Waals surface area (Å²) in [4.78, 5) is 0. The van der Waals surface area contributed by atoms with Crippen molar-refractivity contribution in [1.29, 1.82) is 0 Å². The Kier molecular flexibility index (Phi) is 2.42. The number of nitrogens with zero attached hydrogens (tertiary/aromatic N) is 3. The van der Waals surface area contributed by atoms with E-state index < -0.39 is 0 Å². The van der Waals surface area contributed by atoms with Crippen LogP contribution in [0.4, 0.5) is 4.39 Å². The van der Waals surface area contributed by atoms with Gasteiger partial charge in [0.05, 0.1) is 0 Å². The van der Waals surface area contributed by atoms with Crippen molar-refractivity contribution in [2.75, 3.05) is 0 Å². The van der Waals surface area contributed by atoms with Crippen LogP contribution in [0, 0.1) is 5.82 Å². The van der Waals surface area contributed by atoms with Crippen LogP contribution in [-0.4, -0.2) is 14.8 Å². The molecule has 0 spiro atoms. The predicted molar refractivity (Wildman–Crippen MR) is 63.1 cm³/mol. The van der Waals surface area contributed by atoms with Gasteiger partial charge < -0.3 is 4.57 Å². The van der Waals surface area contributed by atoms with Gasteiger partial charge in [-0.2, -0.15) is 0 Å². The second-order valence-electron chi connectivity index (χ2n) is 4.58. The number of benzene rings is 1. The van der Waals surface area contributed by atoms with Crippen molar-refractivity contribution in [3.8, 4) is 11.4 Å². The molecule has 1 aliphatic heterocycles. The van der Waals surface area contributed by atoms with Gasteiger partial charge in [0.2, 0.25) is 0 Å². The van der Waals surface area contributed by atoms with Crippen LogP contribution in [-0.2, 0) is 6.54 Å². The topological polar surface area (TPSA) is 30.7 Å². The summed E-state index contributed by atoms with van der Waals surface area (Å²) in [6.07, 6.45) is 2.32. The molecule has 3 nitrogen and oxygen atoms in total. The van der Waals surface area contributed by atoms with Crippen molar-refractivity contribution in [2.24, 2.45) is 0 Å². The van der Waals surface area contributed by atoms with Gasteiger partial charge in [0.1, 0.15) is 11.6 Å². The Morgan fingerprint density at radius 3 is 2.76 bits per heavy atom. The van der Waals surface area contributed by atoms with Gasteiger partial charge in [-0.1, -0.05) is 6.92 Å². The molecule has 0 bridgehead atoms. The molecule has 0 fully saturated rings. The highest BCUT2D eigenvalue weighted by atomic mass is 19.1. The van der Waals surface area contributed by atoms with Crippen LogP contribution in [0.25, 0.3) is 11.4 Å². The molecule has 0 amide bonds. The maximum absolute atomic E-state index is 12.9. The molecule has 0 aliphatic carbocycles. The molecule has 0 N–H and O–H groups in total. The van der Waals surface area contributed by atoms with E-state index in [2.05, 4.69) is 21.7 Å². The fourth-order valence-corrected chi connectivity index (χ4v) is 2.40. The van der Waals surface area contributed by atoms with Crippen molar-refractivity contribution in [2.45, 2.75) is 32.2 Å². The zero-order chi connectivity index (χ0) is 11.8. The van der Waals surface area contributed by atoms with Crippen LogP contribution >= 0.6 is 0 Å². The van der Waals surface area contributed by atoms with Crippen LogP contribution in [0.1, 0.15) is 31.5 Å². The molecule has 88 valence electrons. The van der Waals surface area contributed by atoms with E-state index in [0.29, 0.717) is 5.92 Å². The van der Waals surface area contributed by atoms with Gasteiger partial charge in [0, 0.05) is 18.0 Å². The molecule has 1 aromatic heterocycles. The summed E-state index contributed by atoms with van der Waals surface area (Å²) in [5.41, 5.74) is 0.930. The summed E-state index contributed by atoms with van der Waals surface area (Å²) in [7, 11) is 0. The van der Waals surface area contributed by atoms with Crippen LogP contribution in [0.5, 0.6) is 0 Å². The summed E-state index contributed by atoms with van der Waals surface area (Å²) in [6.45, 7) is 3.13. The summed E-state index contributed by atoms with van der Waals surface area (Å²) in [6, 6.07) is 6.43. The van der Waals surface area contributed by atoms with E-state index in [1.54, 1.807) is 12.1 Å². The highest BCUT2D eigenvalue weighted by molar-refractivity contribution is 5.55. The second kappa shape index (κ2) is 3.95. The largest absolute Gasteiger partial charge is 0.311 e. The first-order chi connectivity index (χ1) is 8.25. The van der Waals surface area contributed by atoms with Gasteiger partial charge in [0.25, 0.3) is 0 Å². The minimum atomic E-state index is -0.222. The van der Waals surface area contributed by atoms with Gasteiger partial charge >= 0.3 is 0 Å². The molecule has 1 unspecified atom stereocenters. The zero-order valence-corrected chi connectivity index (χ0v) is 9.73. The van der Waals surface area contributed by atoms with Crippen molar-refractivity contribution < 1.29 is 4.39 Å². The molecule has 1 atom stereocenters. The Labute approximate surface area is 99.3 Å². The smallest absolute Gasteiger partial charge is 0.163 e. The molecule has 0 saturated heterocycles. The predicted octanol–water partition coefficient (Wildman–Crippen LogP) is 2.98. The summed E-state index contributed by atoms with van der Waals surface area (Å²) < 4.78 is 15.0. The number of hydrogen-bond acceptors (Lipinski definition) is 2. The fourth-order valence-electron chi connectivity index (χ4n) is 2.40. The first-order valence-electron chi connectivity index (χ1n) is 5.95. The zero-order valence-electron chi connectivity index (χ0n) is 9.73. The molecule has 0 saturated carbocycles. The van der Waals surface area contributed by atoms with E-state index in [1.807, 2.05) is 0 Å². The molecule has 17 heavy (non-hydrogen) atoms. The molecule has 4 heteroatoms. The highest BCUT2D eigenvalue weighted by Gasteiger charge is 2.22. The van der Waals surface area contributed by atoms with E-state index in [0.717, 1.165) is 30.2 Å². The van der Waals surface area contributed by atoms with E-state index in [1.165, 1.54) is 18.6 Å². The third kappa shape index (κ3) is 1.73. The van der Waals surface area contributed by atoms with E-state index in [9.17, 15) is 4.39 Å². The monoisotopic (exact) mass is 231 g/mol. The molecule has 1 aromatic carbocycles. The van der Waals surface area contributed by atoms with Gasteiger partial charge in [-0.3, -0.25) is 0 Å². The molecule has 1 aliphatic rings. The van der Waals surface area contributed by atoms with Crippen molar-refractivity contribution in [3.05, 3.63) is 35.9 Å². The summed E-state index contributed by atoms with van der Waals surface area (Å²) >= 11 is 0. The van der Waals surface area contributed by atoms with Gasteiger partial charge in [-0.15, -0.1) is 10.2 Å². The van der Waals surface area contributed by atoms with Crippen LogP contribution in [0.15, 0.2) is 24.3 Å². The Hall–Kier alpha value is -1.71. The minimum absolute atomic E-state index is 0.222. The van der Waals surface area contributed by atoms with E-state index in [4.69, 9.17) is 0 Å². The average molecular weight is 231 g/mol. The molecule has 3 rings (SSSR count). The number of fused-ring (bicyclic) bond motifs is 1. The third-order valence-corrected chi connectivity index (χ3v) is 3.34. The number of rotatable bonds is 1. The second-order valence-corrected chi connectivity index (χ2v) is 4.58. The fraction of sp³-hybridized carbons (Fsp3) is 0.385. The normalized spacial score (nSPS) is 19.1. The van der Waals surface area contributed by atoms with Crippen LogP contribution < -0.4 is 0 Å². The average Bonchev–Trinajstić information content (AvgIpc) is 2.75. The molecular weight excluding hydrogens is 217 g/mol. The minimum Gasteiger partial charge on any atom is -0.311 e. The quantitative estimate of drug-likeness (QED) is 0.755. The number of halogens is 1. The Balaban J connectivity index is 2.07. The lowest BCUT2D eigenvalue weighted by molar-refractivity contribution is 0.466. The van der Waals surface area contributed by atoms with Crippen molar-refractivity contribution >= 4 is 0 Å². The lowest BCUT2D eigenvalue weighted by Crippen LogP contribution is -2.14. The van der Waals surface area contributed by atoms with Gasteiger partial charge in [0.15, 0.2) is 5.82 Å². The Morgan fingerprint density at radius 1 is 1.24 bits per heavy atom.